The standard InChI is InChI=1S/C27H40N4O5S/c1-7-37-21-15-23(33)31(27(21)36)13-12-22(32)30-24(17(4)5)26(35)28-18(6)25(34)29-20-10-8-19(9-11-20)14-16(2)3/h8-11,16-18,21,24H,7,12-15H2,1-6H3,(H,28,35)(H,29,34)(H,30,32)/t18-,21?,24?/m0/s1. The molecule has 2 unspecified atom stereocenters. The summed E-state index contributed by atoms with van der Waals surface area (Å²) in [4.78, 5) is 63.7. The molecule has 0 aromatic heterocycles. The van der Waals surface area contributed by atoms with Crippen LogP contribution in [0.1, 0.15) is 59.9 Å². The molecule has 1 aliphatic heterocycles. The number of likely N-dealkylation sites (tertiary alicyclic amines) is 1. The number of carbonyl (C=O) groups excluding carboxylic acids is 5. The molecule has 10 heteroatoms. The van der Waals surface area contributed by atoms with E-state index in [-0.39, 0.29) is 48.3 Å². The number of benzene rings is 1. The molecule has 0 saturated carbocycles. The minimum absolute atomic E-state index is 0.0223. The number of imide groups is 1. The van der Waals surface area contributed by atoms with E-state index < -0.39 is 23.9 Å². The van der Waals surface area contributed by atoms with Crippen LogP contribution in [-0.2, 0) is 30.4 Å². The van der Waals surface area contributed by atoms with E-state index in [2.05, 4.69) is 29.8 Å². The number of nitrogens with zero attached hydrogens (tertiary/aromatic N) is 1. The minimum Gasteiger partial charge on any atom is -0.344 e. The molecule has 0 radical (unpaired) electrons. The van der Waals surface area contributed by atoms with E-state index in [1.54, 1.807) is 20.8 Å². The molecule has 1 aliphatic rings. The Morgan fingerprint density at radius 3 is 2.22 bits per heavy atom. The Kier molecular flexibility index (Phi) is 11.6. The summed E-state index contributed by atoms with van der Waals surface area (Å²) >= 11 is 1.42. The van der Waals surface area contributed by atoms with Crippen LogP contribution in [0.3, 0.4) is 0 Å². The number of anilines is 1. The molecule has 1 saturated heterocycles. The van der Waals surface area contributed by atoms with Gasteiger partial charge in [0.15, 0.2) is 0 Å². The molecule has 0 bridgehead atoms. The van der Waals surface area contributed by atoms with Crippen LogP contribution >= 0.6 is 11.8 Å². The van der Waals surface area contributed by atoms with E-state index in [9.17, 15) is 24.0 Å². The van der Waals surface area contributed by atoms with Crippen molar-refractivity contribution in [3.05, 3.63) is 29.8 Å². The fraction of sp³-hybridized carbons (Fsp3) is 0.593. The van der Waals surface area contributed by atoms with Crippen LogP contribution in [0.2, 0.25) is 0 Å². The Hall–Kier alpha value is -2.88. The van der Waals surface area contributed by atoms with Gasteiger partial charge in [-0.1, -0.05) is 46.8 Å². The first-order chi connectivity index (χ1) is 17.4. The van der Waals surface area contributed by atoms with E-state index >= 15 is 0 Å². The topological polar surface area (TPSA) is 125 Å². The Balaban J connectivity index is 1.87. The zero-order valence-corrected chi connectivity index (χ0v) is 23.4. The molecule has 3 N–H and O–H groups in total. The van der Waals surface area contributed by atoms with Gasteiger partial charge < -0.3 is 16.0 Å². The van der Waals surface area contributed by atoms with E-state index in [4.69, 9.17) is 0 Å². The summed E-state index contributed by atoms with van der Waals surface area (Å²) < 4.78 is 0. The summed E-state index contributed by atoms with van der Waals surface area (Å²) in [7, 11) is 0. The normalized spacial score (nSPS) is 17.2. The second-order valence-corrected chi connectivity index (χ2v) is 11.6. The third kappa shape index (κ3) is 9.18. The van der Waals surface area contributed by atoms with E-state index in [0.29, 0.717) is 11.6 Å². The third-order valence-electron chi connectivity index (χ3n) is 6.02. The quantitative estimate of drug-likeness (QED) is 0.336. The zero-order chi connectivity index (χ0) is 27.7. The van der Waals surface area contributed by atoms with Gasteiger partial charge in [0.05, 0.1) is 5.25 Å². The first-order valence-electron chi connectivity index (χ1n) is 12.9. The van der Waals surface area contributed by atoms with Crippen LogP contribution in [0.5, 0.6) is 0 Å². The van der Waals surface area contributed by atoms with Crippen LogP contribution in [0.15, 0.2) is 24.3 Å². The molecule has 1 heterocycles. The average molecular weight is 533 g/mol. The molecule has 0 spiro atoms. The second kappa shape index (κ2) is 14.2. The first kappa shape index (κ1) is 30.3. The number of amides is 5. The van der Waals surface area contributed by atoms with Gasteiger partial charge in [0.2, 0.25) is 29.5 Å². The maximum Gasteiger partial charge on any atom is 0.246 e. The molecule has 5 amide bonds. The van der Waals surface area contributed by atoms with Crippen LogP contribution in [-0.4, -0.2) is 64.1 Å². The highest BCUT2D eigenvalue weighted by molar-refractivity contribution is 8.00. The first-order valence-corrected chi connectivity index (χ1v) is 13.9. The Bertz CT molecular complexity index is 980. The van der Waals surface area contributed by atoms with Crippen molar-refractivity contribution >= 4 is 47.0 Å². The highest BCUT2D eigenvalue weighted by atomic mass is 32.2. The van der Waals surface area contributed by atoms with Gasteiger partial charge in [-0.2, -0.15) is 0 Å². The fourth-order valence-corrected chi connectivity index (χ4v) is 4.96. The highest BCUT2D eigenvalue weighted by Gasteiger charge is 2.38. The summed E-state index contributed by atoms with van der Waals surface area (Å²) in [6, 6.07) is 5.91. The van der Waals surface area contributed by atoms with E-state index in [1.807, 2.05) is 31.2 Å². The number of carbonyl (C=O) groups is 5. The molecule has 9 nitrogen and oxygen atoms in total. The van der Waals surface area contributed by atoms with Gasteiger partial charge in [0, 0.05) is 25.1 Å². The average Bonchev–Trinajstić information content (AvgIpc) is 3.09. The zero-order valence-electron chi connectivity index (χ0n) is 22.6. The van der Waals surface area contributed by atoms with Crippen molar-refractivity contribution < 1.29 is 24.0 Å². The van der Waals surface area contributed by atoms with Crippen molar-refractivity contribution in [2.75, 3.05) is 17.6 Å². The SMILES string of the molecule is CCSC1CC(=O)N(CCC(=O)NC(C(=O)N[C@@H](C)C(=O)Nc2ccc(CC(C)C)cc2)C(C)C)C1=O. The van der Waals surface area contributed by atoms with Crippen LogP contribution in [0.25, 0.3) is 0 Å². The summed E-state index contributed by atoms with van der Waals surface area (Å²) in [5.41, 5.74) is 1.82. The molecule has 1 aromatic carbocycles. The van der Waals surface area contributed by atoms with Gasteiger partial charge in [0.25, 0.3) is 0 Å². The lowest BCUT2D eigenvalue weighted by Crippen LogP contribution is -2.54. The predicted molar refractivity (Wildman–Crippen MR) is 146 cm³/mol. The van der Waals surface area contributed by atoms with Crippen molar-refractivity contribution in [2.45, 2.75) is 78.1 Å². The molecule has 37 heavy (non-hydrogen) atoms. The van der Waals surface area contributed by atoms with E-state index in [1.165, 1.54) is 17.3 Å². The van der Waals surface area contributed by atoms with Crippen molar-refractivity contribution in [1.82, 2.24) is 15.5 Å². The Labute approximate surface area is 223 Å². The molecular weight excluding hydrogens is 492 g/mol. The fourth-order valence-electron chi connectivity index (χ4n) is 4.03. The van der Waals surface area contributed by atoms with Crippen molar-refractivity contribution in [1.29, 1.82) is 0 Å². The summed E-state index contributed by atoms with van der Waals surface area (Å²) in [5, 5.41) is 7.76. The lowest BCUT2D eigenvalue weighted by molar-refractivity contribution is -0.139. The lowest BCUT2D eigenvalue weighted by atomic mass is 10.0. The third-order valence-corrected chi connectivity index (χ3v) is 7.12. The number of hydrogen-bond acceptors (Lipinski definition) is 6. The molecule has 2 rings (SSSR count). The van der Waals surface area contributed by atoms with Crippen molar-refractivity contribution in [3.8, 4) is 0 Å². The van der Waals surface area contributed by atoms with Crippen molar-refractivity contribution in [2.24, 2.45) is 11.8 Å². The smallest absolute Gasteiger partial charge is 0.246 e. The van der Waals surface area contributed by atoms with Gasteiger partial charge >= 0.3 is 0 Å². The number of nitrogens with one attached hydrogen (secondary N) is 3. The molecular formula is C27H40N4O5S. The van der Waals surface area contributed by atoms with Crippen LogP contribution in [0, 0.1) is 11.8 Å². The molecule has 1 aromatic rings. The molecule has 1 fully saturated rings. The van der Waals surface area contributed by atoms with Crippen molar-refractivity contribution in [3.63, 3.8) is 0 Å². The van der Waals surface area contributed by atoms with Gasteiger partial charge in [-0.25, -0.2) is 0 Å². The van der Waals surface area contributed by atoms with Gasteiger partial charge in [0.1, 0.15) is 12.1 Å². The Morgan fingerprint density at radius 2 is 1.65 bits per heavy atom. The lowest BCUT2D eigenvalue weighted by Gasteiger charge is -2.24. The monoisotopic (exact) mass is 532 g/mol. The van der Waals surface area contributed by atoms with Crippen LogP contribution in [0.4, 0.5) is 5.69 Å². The van der Waals surface area contributed by atoms with Crippen LogP contribution < -0.4 is 16.0 Å². The minimum atomic E-state index is -0.869. The number of hydrogen-bond donors (Lipinski definition) is 3. The number of rotatable bonds is 13. The van der Waals surface area contributed by atoms with E-state index in [0.717, 1.165) is 17.1 Å². The molecule has 204 valence electrons. The maximum atomic E-state index is 12.9. The molecule has 0 aliphatic carbocycles. The van der Waals surface area contributed by atoms with Gasteiger partial charge in [-0.3, -0.25) is 28.9 Å². The maximum absolute atomic E-state index is 12.9. The van der Waals surface area contributed by atoms with Gasteiger partial charge in [-0.05, 0) is 48.6 Å². The summed E-state index contributed by atoms with van der Waals surface area (Å²) in [6.45, 7) is 11.3. The predicted octanol–water partition coefficient (Wildman–Crippen LogP) is 2.74. The van der Waals surface area contributed by atoms with Gasteiger partial charge in [-0.15, -0.1) is 11.8 Å². The Morgan fingerprint density at radius 1 is 1.00 bits per heavy atom. The molecule has 3 atom stereocenters. The summed E-state index contributed by atoms with van der Waals surface area (Å²) in [6.07, 6.45) is 1.00. The second-order valence-electron chi connectivity index (χ2n) is 10.1. The largest absolute Gasteiger partial charge is 0.344 e. The highest BCUT2D eigenvalue weighted by Crippen LogP contribution is 2.25. The number of thioether (sulfide) groups is 1. The summed E-state index contributed by atoms with van der Waals surface area (Å²) in [5.74, 6) is -0.825.